The average Bonchev–Trinajstić information content (AvgIpc) is 3.29. The number of hydrogen-bond donors (Lipinski definition) is 1. The van der Waals surface area contributed by atoms with Gasteiger partial charge < -0.3 is 10.6 Å². The van der Waals surface area contributed by atoms with E-state index >= 15 is 0 Å². The second-order valence-electron chi connectivity index (χ2n) is 6.20. The third-order valence-electron chi connectivity index (χ3n) is 4.61. The predicted molar refractivity (Wildman–Crippen MR) is 83.9 cm³/mol. The summed E-state index contributed by atoms with van der Waals surface area (Å²) in [7, 11) is 0. The van der Waals surface area contributed by atoms with E-state index in [0.717, 1.165) is 37.7 Å². The monoisotopic (exact) mass is 311 g/mol. The summed E-state index contributed by atoms with van der Waals surface area (Å²) in [6, 6.07) is 5.12. The van der Waals surface area contributed by atoms with Crippen molar-refractivity contribution in [2.24, 2.45) is 11.7 Å². The number of piperazine rings is 1. The van der Waals surface area contributed by atoms with Crippen LogP contribution in [0.1, 0.15) is 24.4 Å². The second kappa shape index (κ2) is 6.61. The summed E-state index contributed by atoms with van der Waals surface area (Å²) in [5.74, 6) is 0.576. The van der Waals surface area contributed by atoms with Crippen LogP contribution >= 0.6 is 11.6 Å². The molecule has 5 heteroatoms. The SMILES string of the molecule is NCC(c1ccc(Cl)c(F)c1)N1CCN(CC2CC2)CC1. The maximum absolute atomic E-state index is 13.7. The smallest absolute Gasteiger partial charge is 0.142 e. The summed E-state index contributed by atoms with van der Waals surface area (Å²) < 4.78 is 13.7. The second-order valence-corrected chi connectivity index (χ2v) is 6.61. The van der Waals surface area contributed by atoms with E-state index < -0.39 is 0 Å². The Morgan fingerprint density at radius 3 is 2.52 bits per heavy atom. The topological polar surface area (TPSA) is 32.5 Å². The maximum Gasteiger partial charge on any atom is 0.142 e. The van der Waals surface area contributed by atoms with E-state index in [0.29, 0.717) is 6.54 Å². The minimum atomic E-state index is -0.361. The Labute approximate surface area is 130 Å². The van der Waals surface area contributed by atoms with Crippen molar-refractivity contribution < 1.29 is 4.39 Å². The van der Waals surface area contributed by atoms with Gasteiger partial charge in [-0.3, -0.25) is 4.90 Å². The van der Waals surface area contributed by atoms with E-state index in [1.807, 2.05) is 6.07 Å². The summed E-state index contributed by atoms with van der Waals surface area (Å²) in [4.78, 5) is 4.91. The van der Waals surface area contributed by atoms with E-state index in [9.17, 15) is 4.39 Å². The minimum absolute atomic E-state index is 0.0832. The van der Waals surface area contributed by atoms with Crippen molar-refractivity contribution in [2.45, 2.75) is 18.9 Å². The average molecular weight is 312 g/mol. The number of nitrogens with zero attached hydrogens (tertiary/aromatic N) is 2. The molecule has 3 rings (SSSR count). The van der Waals surface area contributed by atoms with Gasteiger partial charge in [0.05, 0.1) is 5.02 Å². The first-order valence-corrected chi connectivity index (χ1v) is 8.16. The molecule has 0 amide bonds. The van der Waals surface area contributed by atoms with Gasteiger partial charge in [-0.25, -0.2) is 4.39 Å². The third kappa shape index (κ3) is 3.75. The normalized spacial score (nSPS) is 22.4. The fourth-order valence-electron chi connectivity index (χ4n) is 3.14. The van der Waals surface area contributed by atoms with Gasteiger partial charge in [-0.1, -0.05) is 17.7 Å². The van der Waals surface area contributed by atoms with Crippen molar-refractivity contribution in [3.8, 4) is 0 Å². The van der Waals surface area contributed by atoms with E-state index in [-0.39, 0.29) is 16.9 Å². The first-order valence-electron chi connectivity index (χ1n) is 7.79. The maximum atomic E-state index is 13.7. The van der Waals surface area contributed by atoms with Gasteiger partial charge in [-0.15, -0.1) is 0 Å². The standard InChI is InChI=1S/C16H23ClFN3/c17-14-4-3-13(9-15(14)18)16(10-19)21-7-5-20(6-8-21)11-12-1-2-12/h3-4,9,12,16H,1-2,5-8,10-11,19H2. The lowest BCUT2D eigenvalue weighted by Crippen LogP contribution is -2.49. The van der Waals surface area contributed by atoms with Crippen LogP contribution in [0.3, 0.4) is 0 Å². The molecule has 116 valence electrons. The molecule has 0 bridgehead atoms. The van der Waals surface area contributed by atoms with Crippen LogP contribution in [0.2, 0.25) is 5.02 Å². The van der Waals surface area contributed by atoms with Gasteiger partial charge in [0, 0.05) is 45.3 Å². The number of halogens is 2. The molecule has 1 saturated carbocycles. The minimum Gasteiger partial charge on any atom is -0.329 e. The van der Waals surface area contributed by atoms with Crippen LogP contribution in [0.25, 0.3) is 0 Å². The molecule has 2 fully saturated rings. The summed E-state index contributed by atoms with van der Waals surface area (Å²) >= 11 is 5.76. The fourth-order valence-corrected chi connectivity index (χ4v) is 3.26. The van der Waals surface area contributed by atoms with Gasteiger partial charge >= 0.3 is 0 Å². The van der Waals surface area contributed by atoms with Crippen LogP contribution in [0.5, 0.6) is 0 Å². The molecule has 1 unspecified atom stereocenters. The Kier molecular flexibility index (Phi) is 4.79. The fraction of sp³-hybridized carbons (Fsp3) is 0.625. The Hall–Kier alpha value is -0.680. The molecule has 3 nitrogen and oxygen atoms in total. The zero-order valence-electron chi connectivity index (χ0n) is 12.3. The molecule has 0 radical (unpaired) electrons. The Morgan fingerprint density at radius 1 is 1.24 bits per heavy atom. The Bertz CT molecular complexity index is 484. The molecule has 1 aliphatic carbocycles. The first kappa shape index (κ1) is 15.2. The van der Waals surface area contributed by atoms with E-state index in [1.54, 1.807) is 6.07 Å². The van der Waals surface area contributed by atoms with Gasteiger partial charge in [0.1, 0.15) is 5.82 Å². The van der Waals surface area contributed by atoms with Crippen molar-refractivity contribution in [2.75, 3.05) is 39.3 Å². The summed E-state index contributed by atoms with van der Waals surface area (Å²) in [5, 5.41) is 0.170. The van der Waals surface area contributed by atoms with E-state index in [2.05, 4.69) is 9.80 Å². The highest BCUT2D eigenvalue weighted by Gasteiger charge is 2.28. The molecule has 1 aromatic carbocycles. The van der Waals surface area contributed by atoms with Crippen LogP contribution in [-0.2, 0) is 0 Å². The first-order chi connectivity index (χ1) is 10.2. The zero-order valence-corrected chi connectivity index (χ0v) is 13.0. The number of nitrogens with two attached hydrogens (primary N) is 1. The lowest BCUT2D eigenvalue weighted by atomic mass is 10.0. The zero-order chi connectivity index (χ0) is 14.8. The van der Waals surface area contributed by atoms with Gasteiger partial charge in [0.2, 0.25) is 0 Å². The molecule has 1 heterocycles. The number of rotatable bonds is 5. The van der Waals surface area contributed by atoms with Gasteiger partial charge in [-0.05, 0) is 36.5 Å². The lowest BCUT2D eigenvalue weighted by molar-refractivity contribution is 0.0955. The van der Waals surface area contributed by atoms with Crippen LogP contribution < -0.4 is 5.73 Å². The summed E-state index contributed by atoms with van der Waals surface area (Å²) in [6.07, 6.45) is 2.80. The molecular weight excluding hydrogens is 289 g/mol. The lowest BCUT2D eigenvalue weighted by Gasteiger charge is -2.39. The third-order valence-corrected chi connectivity index (χ3v) is 4.92. The summed E-state index contributed by atoms with van der Waals surface area (Å²) in [6.45, 7) is 5.92. The van der Waals surface area contributed by atoms with Gasteiger partial charge in [0.25, 0.3) is 0 Å². The quantitative estimate of drug-likeness (QED) is 0.907. The highest BCUT2D eigenvalue weighted by Crippen LogP contribution is 2.30. The van der Waals surface area contributed by atoms with E-state index in [1.165, 1.54) is 25.5 Å². The molecule has 1 saturated heterocycles. The summed E-state index contributed by atoms with van der Waals surface area (Å²) in [5.41, 5.74) is 6.86. The largest absolute Gasteiger partial charge is 0.329 e. The predicted octanol–water partition coefficient (Wildman–Crippen LogP) is 2.51. The highest BCUT2D eigenvalue weighted by molar-refractivity contribution is 6.30. The van der Waals surface area contributed by atoms with Crippen molar-refractivity contribution in [1.29, 1.82) is 0 Å². The van der Waals surface area contributed by atoms with Crippen LogP contribution in [0.15, 0.2) is 18.2 Å². The van der Waals surface area contributed by atoms with Gasteiger partial charge in [0.15, 0.2) is 0 Å². The highest BCUT2D eigenvalue weighted by atomic mass is 35.5. The molecule has 0 spiro atoms. The van der Waals surface area contributed by atoms with E-state index in [4.69, 9.17) is 17.3 Å². The molecular formula is C16H23ClFN3. The molecule has 21 heavy (non-hydrogen) atoms. The van der Waals surface area contributed by atoms with Crippen LogP contribution in [-0.4, -0.2) is 49.1 Å². The van der Waals surface area contributed by atoms with Crippen molar-refractivity contribution in [1.82, 2.24) is 9.80 Å². The van der Waals surface area contributed by atoms with Crippen LogP contribution in [0, 0.1) is 11.7 Å². The van der Waals surface area contributed by atoms with Crippen molar-refractivity contribution >= 4 is 11.6 Å². The van der Waals surface area contributed by atoms with Gasteiger partial charge in [-0.2, -0.15) is 0 Å². The van der Waals surface area contributed by atoms with Crippen LogP contribution in [0.4, 0.5) is 4.39 Å². The number of benzene rings is 1. The van der Waals surface area contributed by atoms with Crippen molar-refractivity contribution in [3.63, 3.8) is 0 Å². The molecule has 2 aliphatic rings. The van der Waals surface area contributed by atoms with Crippen molar-refractivity contribution in [3.05, 3.63) is 34.6 Å². The molecule has 0 aromatic heterocycles. The molecule has 2 N–H and O–H groups in total. The Balaban J connectivity index is 1.62. The number of hydrogen-bond acceptors (Lipinski definition) is 3. The molecule has 1 aliphatic heterocycles. The molecule has 1 atom stereocenters. The Morgan fingerprint density at radius 2 is 1.95 bits per heavy atom. The molecule has 1 aromatic rings.